The number of aliphatic hydroxyl groups is 1. The van der Waals surface area contributed by atoms with Crippen LogP contribution in [-0.4, -0.2) is 17.0 Å². The highest BCUT2D eigenvalue weighted by molar-refractivity contribution is 6.64. The normalized spacial score (nSPS) is 16.4. The number of aliphatic hydroxyl groups excluding tert-OH is 1. The average Bonchev–Trinajstić information content (AvgIpc) is 2.03. The lowest BCUT2D eigenvalue weighted by Gasteiger charge is -2.40. The molecule has 0 aromatic carbocycles. The Bertz CT molecular complexity index is 196. The summed E-state index contributed by atoms with van der Waals surface area (Å²) >= 11 is 5.62. The number of carbonyl (C=O) groups is 1. The van der Waals surface area contributed by atoms with Crippen LogP contribution in [0, 0.1) is 10.8 Å². The number of hydrogen-bond acceptors (Lipinski definition) is 2. The summed E-state index contributed by atoms with van der Waals surface area (Å²) in [5.41, 5.74) is -1.08. The van der Waals surface area contributed by atoms with Crippen LogP contribution in [0.25, 0.3) is 0 Å². The molecule has 1 unspecified atom stereocenters. The lowest BCUT2D eigenvalue weighted by Crippen LogP contribution is -2.44. The quantitative estimate of drug-likeness (QED) is 0.724. The fraction of sp³-hybridized carbons (Fsp3) is 0.909. The van der Waals surface area contributed by atoms with Crippen molar-refractivity contribution in [3.8, 4) is 0 Å². The van der Waals surface area contributed by atoms with Crippen LogP contribution in [0.1, 0.15) is 47.0 Å². The minimum Gasteiger partial charge on any atom is -0.395 e. The Labute approximate surface area is 91.6 Å². The third-order valence-corrected chi connectivity index (χ3v) is 3.40. The van der Waals surface area contributed by atoms with Gasteiger partial charge in [-0.2, -0.15) is 0 Å². The lowest BCUT2D eigenvalue weighted by atomic mass is 9.65. The zero-order chi connectivity index (χ0) is 11.4. The van der Waals surface area contributed by atoms with Crippen LogP contribution in [0.5, 0.6) is 0 Å². The molecule has 0 fully saturated rings. The second kappa shape index (κ2) is 5.13. The average molecular weight is 221 g/mol. The van der Waals surface area contributed by atoms with Crippen molar-refractivity contribution in [1.29, 1.82) is 0 Å². The first kappa shape index (κ1) is 13.9. The van der Waals surface area contributed by atoms with Crippen LogP contribution in [0.3, 0.4) is 0 Å². The van der Waals surface area contributed by atoms with Crippen molar-refractivity contribution in [3.63, 3.8) is 0 Å². The molecular formula is C11H21ClO2. The molecule has 14 heavy (non-hydrogen) atoms. The summed E-state index contributed by atoms with van der Waals surface area (Å²) in [5, 5.41) is 8.99. The summed E-state index contributed by atoms with van der Waals surface area (Å²) in [5.74, 6) is 0. The molecule has 0 saturated heterocycles. The van der Waals surface area contributed by atoms with E-state index in [1.807, 2.05) is 20.8 Å². The number of carbonyl (C=O) groups excluding carboxylic acids is 1. The maximum Gasteiger partial charge on any atom is 0.230 e. The van der Waals surface area contributed by atoms with Gasteiger partial charge in [-0.3, -0.25) is 4.79 Å². The maximum atomic E-state index is 11.5. The number of hydrogen-bond donors (Lipinski definition) is 1. The van der Waals surface area contributed by atoms with Gasteiger partial charge in [0.05, 0.1) is 12.0 Å². The molecule has 0 aromatic heterocycles. The molecular weight excluding hydrogens is 200 g/mol. The van der Waals surface area contributed by atoms with Gasteiger partial charge in [0.25, 0.3) is 0 Å². The molecule has 0 rings (SSSR count). The molecule has 1 N–H and O–H groups in total. The van der Waals surface area contributed by atoms with Crippen molar-refractivity contribution in [3.05, 3.63) is 0 Å². The van der Waals surface area contributed by atoms with Gasteiger partial charge in [-0.25, -0.2) is 0 Å². The van der Waals surface area contributed by atoms with Crippen molar-refractivity contribution >= 4 is 16.8 Å². The summed E-state index contributed by atoms with van der Waals surface area (Å²) in [6.07, 6.45) is 2.57. The smallest absolute Gasteiger partial charge is 0.230 e. The van der Waals surface area contributed by atoms with Gasteiger partial charge >= 0.3 is 0 Å². The summed E-state index contributed by atoms with van der Waals surface area (Å²) in [6, 6.07) is 0. The van der Waals surface area contributed by atoms with Gasteiger partial charge in [0.2, 0.25) is 5.24 Å². The second-order valence-electron chi connectivity index (χ2n) is 4.87. The van der Waals surface area contributed by atoms with Gasteiger partial charge < -0.3 is 5.11 Å². The molecule has 1 atom stereocenters. The molecule has 0 spiro atoms. The topological polar surface area (TPSA) is 37.3 Å². The Morgan fingerprint density at radius 2 is 1.86 bits per heavy atom. The molecule has 0 heterocycles. The van der Waals surface area contributed by atoms with Crippen molar-refractivity contribution in [2.75, 3.05) is 6.61 Å². The molecule has 0 saturated carbocycles. The number of unbranched alkanes of at least 4 members (excludes halogenated alkanes) is 1. The first-order valence-electron chi connectivity index (χ1n) is 5.12. The van der Waals surface area contributed by atoms with E-state index in [1.165, 1.54) is 0 Å². The van der Waals surface area contributed by atoms with E-state index in [0.29, 0.717) is 6.42 Å². The molecule has 0 aliphatic heterocycles. The van der Waals surface area contributed by atoms with E-state index in [2.05, 4.69) is 6.92 Å². The molecule has 3 heteroatoms. The molecule has 0 amide bonds. The molecule has 0 radical (unpaired) electrons. The van der Waals surface area contributed by atoms with E-state index in [-0.39, 0.29) is 12.0 Å². The first-order chi connectivity index (χ1) is 6.31. The van der Waals surface area contributed by atoms with Gasteiger partial charge in [0, 0.05) is 0 Å². The van der Waals surface area contributed by atoms with Crippen LogP contribution >= 0.6 is 11.6 Å². The standard InChI is InChI=1S/C11H21ClO2/c1-5-6-7-11(8-13,9(12)14)10(2,3)4/h13H,5-8H2,1-4H3. The predicted octanol–water partition coefficient (Wildman–Crippen LogP) is 2.97. The fourth-order valence-electron chi connectivity index (χ4n) is 1.63. The van der Waals surface area contributed by atoms with Gasteiger partial charge in [0.1, 0.15) is 0 Å². The van der Waals surface area contributed by atoms with E-state index >= 15 is 0 Å². The van der Waals surface area contributed by atoms with Crippen LogP contribution in [0.15, 0.2) is 0 Å². The summed E-state index contributed by atoms with van der Waals surface area (Å²) in [7, 11) is 0. The number of rotatable bonds is 5. The van der Waals surface area contributed by atoms with Crippen LogP contribution < -0.4 is 0 Å². The fourth-order valence-corrected chi connectivity index (χ4v) is 2.06. The van der Waals surface area contributed by atoms with Crippen molar-refractivity contribution in [2.45, 2.75) is 47.0 Å². The monoisotopic (exact) mass is 220 g/mol. The van der Waals surface area contributed by atoms with Crippen LogP contribution in [0.4, 0.5) is 0 Å². The van der Waals surface area contributed by atoms with Gasteiger partial charge in [-0.1, -0.05) is 40.5 Å². The minimum atomic E-state index is -0.787. The van der Waals surface area contributed by atoms with E-state index < -0.39 is 10.7 Å². The second-order valence-corrected chi connectivity index (χ2v) is 5.21. The summed E-state index contributed by atoms with van der Waals surface area (Å²) in [4.78, 5) is 11.5. The molecule has 0 aliphatic carbocycles. The van der Waals surface area contributed by atoms with Crippen molar-refractivity contribution < 1.29 is 9.90 Å². The van der Waals surface area contributed by atoms with Crippen molar-refractivity contribution in [2.24, 2.45) is 10.8 Å². The molecule has 84 valence electrons. The third kappa shape index (κ3) is 2.71. The van der Waals surface area contributed by atoms with E-state index in [4.69, 9.17) is 11.6 Å². The van der Waals surface area contributed by atoms with Gasteiger partial charge in [-0.15, -0.1) is 0 Å². The minimum absolute atomic E-state index is 0.168. The third-order valence-electron chi connectivity index (χ3n) is 3.04. The number of halogens is 1. The van der Waals surface area contributed by atoms with Crippen LogP contribution in [-0.2, 0) is 4.79 Å². The predicted molar refractivity (Wildman–Crippen MR) is 59.4 cm³/mol. The molecule has 2 nitrogen and oxygen atoms in total. The Kier molecular flexibility index (Phi) is 5.10. The zero-order valence-corrected chi connectivity index (χ0v) is 10.3. The molecule has 0 aromatic rings. The van der Waals surface area contributed by atoms with E-state index in [9.17, 15) is 9.90 Å². The van der Waals surface area contributed by atoms with Gasteiger partial charge in [0.15, 0.2) is 0 Å². The van der Waals surface area contributed by atoms with Gasteiger partial charge in [-0.05, 0) is 23.4 Å². The van der Waals surface area contributed by atoms with Crippen LogP contribution in [0.2, 0.25) is 0 Å². The lowest BCUT2D eigenvalue weighted by molar-refractivity contribution is -0.131. The highest BCUT2D eigenvalue weighted by Gasteiger charge is 2.46. The Balaban J connectivity index is 4.90. The molecule has 0 bridgehead atoms. The Hall–Kier alpha value is -0.0800. The SMILES string of the molecule is CCCCC(CO)(C(=O)Cl)C(C)(C)C. The first-order valence-corrected chi connectivity index (χ1v) is 5.50. The van der Waals surface area contributed by atoms with Crippen molar-refractivity contribution in [1.82, 2.24) is 0 Å². The largest absolute Gasteiger partial charge is 0.395 e. The highest BCUT2D eigenvalue weighted by Crippen LogP contribution is 2.44. The summed E-state index contributed by atoms with van der Waals surface area (Å²) in [6.45, 7) is 7.72. The zero-order valence-electron chi connectivity index (χ0n) is 9.56. The Morgan fingerprint density at radius 3 is 2.07 bits per heavy atom. The highest BCUT2D eigenvalue weighted by atomic mass is 35.5. The van der Waals surface area contributed by atoms with E-state index in [1.54, 1.807) is 0 Å². The summed E-state index contributed by atoms with van der Waals surface area (Å²) < 4.78 is 0. The Morgan fingerprint density at radius 1 is 1.36 bits per heavy atom. The maximum absolute atomic E-state index is 11.5. The molecule has 0 aliphatic rings. The van der Waals surface area contributed by atoms with E-state index in [0.717, 1.165) is 12.8 Å².